The first kappa shape index (κ1) is 19.5. The van der Waals surface area contributed by atoms with Gasteiger partial charge in [-0.1, -0.05) is 30.3 Å². The summed E-state index contributed by atoms with van der Waals surface area (Å²) in [5.74, 6) is -0.151. The van der Waals surface area contributed by atoms with Crippen LogP contribution < -0.4 is 5.32 Å². The lowest BCUT2D eigenvalue weighted by Crippen LogP contribution is -2.31. The fraction of sp³-hybridized carbons (Fsp3) is 0.350. The summed E-state index contributed by atoms with van der Waals surface area (Å²) in [6, 6.07) is 15.3. The summed E-state index contributed by atoms with van der Waals surface area (Å²) in [5.41, 5.74) is 1.36. The van der Waals surface area contributed by atoms with Gasteiger partial charge in [0.2, 0.25) is 10.0 Å². The van der Waals surface area contributed by atoms with Gasteiger partial charge in [0.25, 0.3) is 5.91 Å². The van der Waals surface area contributed by atoms with E-state index in [1.54, 1.807) is 61.6 Å². The van der Waals surface area contributed by atoms with Gasteiger partial charge in [-0.05, 0) is 42.7 Å². The number of carbonyl (C=O) groups excluding carboxylic acids is 1. The van der Waals surface area contributed by atoms with E-state index < -0.39 is 10.0 Å². The molecule has 1 saturated heterocycles. The first-order chi connectivity index (χ1) is 13.0. The Bertz CT molecular complexity index is 861. The van der Waals surface area contributed by atoms with Crippen molar-refractivity contribution in [3.8, 4) is 0 Å². The van der Waals surface area contributed by atoms with Gasteiger partial charge < -0.3 is 10.1 Å². The van der Waals surface area contributed by atoms with Gasteiger partial charge in [-0.3, -0.25) is 4.79 Å². The molecule has 0 spiro atoms. The van der Waals surface area contributed by atoms with Crippen LogP contribution >= 0.6 is 0 Å². The Hall–Kier alpha value is -2.22. The molecule has 3 rings (SSSR count). The summed E-state index contributed by atoms with van der Waals surface area (Å²) >= 11 is 0. The predicted molar refractivity (Wildman–Crippen MR) is 103 cm³/mol. The molecule has 1 atom stereocenters. The second-order valence-electron chi connectivity index (χ2n) is 6.62. The van der Waals surface area contributed by atoms with Crippen LogP contribution in [0, 0.1) is 0 Å². The summed E-state index contributed by atoms with van der Waals surface area (Å²) in [7, 11) is -2.00. The van der Waals surface area contributed by atoms with Crippen molar-refractivity contribution in [3.63, 3.8) is 0 Å². The minimum atomic E-state index is -3.54. The van der Waals surface area contributed by atoms with E-state index in [2.05, 4.69) is 5.32 Å². The highest BCUT2D eigenvalue weighted by Gasteiger charge is 2.21. The minimum Gasteiger partial charge on any atom is -0.376 e. The lowest BCUT2D eigenvalue weighted by Gasteiger charge is -2.17. The summed E-state index contributed by atoms with van der Waals surface area (Å²) in [4.78, 5) is 12.5. The largest absolute Gasteiger partial charge is 0.376 e. The zero-order valence-electron chi connectivity index (χ0n) is 15.3. The molecule has 2 aromatic rings. The zero-order valence-corrected chi connectivity index (χ0v) is 16.1. The highest BCUT2D eigenvalue weighted by molar-refractivity contribution is 7.89. The van der Waals surface area contributed by atoms with Gasteiger partial charge in [0.15, 0.2) is 0 Å². The molecule has 1 aliphatic rings. The van der Waals surface area contributed by atoms with Crippen LogP contribution in [0.5, 0.6) is 0 Å². The molecule has 1 N–H and O–H groups in total. The van der Waals surface area contributed by atoms with Crippen LogP contribution in [-0.2, 0) is 21.3 Å². The van der Waals surface area contributed by atoms with Crippen LogP contribution in [0.1, 0.15) is 28.8 Å². The van der Waals surface area contributed by atoms with Crippen LogP contribution in [0.3, 0.4) is 0 Å². The fourth-order valence-electron chi connectivity index (χ4n) is 2.99. The Labute approximate surface area is 160 Å². The first-order valence-electron chi connectivity index (χ1n) is 8.97. The third-order valence-electron chi connectivity index (χ3n) is 4.59. The van der Waals surface area contributed by atoms with Crippen molar-refractivity contribution in [3.05, 3.63) is 65.7 Å². The fourth-order valence-corrected chi connectivity index (χ4v) is 4.17. The van der Waals surface area contributed by atoms with Gasteiger partial charge in [0.05, 0.1) is 11.0 Å². The van der Waals surface area contributed by atoms with E-state index in [1.807, 2.05) is 0 Å². The van der Waals surface area contributed by atoms with Crippen molar-refractivity contribution in [2.45, 2.75) is 30.4 Å². The van der Waals surface area contributed by atoms with Crippen LogP contribution in [0.25, 0.3) is 0 Å². The van der Waals surface area contributed by atoms with Crippen molar-refractivity contribution in [1.82, 2.24) is 9.62 Å². The van der Waals surface area contributed by atoms with E-state index in [0.29, 0.717) is 12.1 Å². The molecule has 27 heavy (non-hydrogen) atoms. The lowest BCUT2D eigenvalue weighted by atomic mass is 10.1. The molecular formula is C20H24N2O4S. The Morgan fingerprint density at radius 3 is 2.48 bits per heavy atom. The van der Waals surface area contributed by atoms with Gasteiger partial charge in [0, 0.05) is 32.3 Å². The van der Waals surface area contributed by atoms with Crippen LogP contribution in [0.4, 0.5) is 0 Å². The maximum atomic E-state index is 12.6. The monoisotopic (exact) mass is 388 g/mol. The molecular weight excluding hydrogens is 364 g/mol. The summed E-state index contributed by atoms with van der Waals surface area (Å²) in [5, 5.41) is 2.88. The third kappa shape index (κ3) is 4.94. The van der Waals surface area contributed by atoms with Crippen molar-refractivity contribution < 1.29 is 17.9 Å². The molecule has 1 unspecified atom stereocenters. The maximum Gasteiger partial charge on any atom is 0.251 e. The molecule has 1 fully saturated rings. The predicted octanol–water partition coefficient (Wildman–Crippen LogP) is 2.42. The lowest BCUT2D eigenvalue weighted by molar-refractivity contribution is 0.0858. The standard InChI is InChI=1S/C20H24N2O4S/c1-22(27(24,25)19-7-3-2-4-8-19)15-16-9-11-17(12-10-16)20(23)21-14-18-6-5-13-26-18/h2-4,7-12,18H,5-6,13-15H2,1H3,(H,21,23). The number of nitrogens with zero attached hydrogens (tertiary/aromatic N) is 1. The van der Waals surface area contributed by atoms with E-state index in [1.165, 1.54) is 4.31 Å². The number of hydrogen-bond donors (Lipinski definition) is 1. The van der Waals surface area contributed by atoms with Crippen molar-refractivity contribution in [2.75, 3.05) is 20.2 Å². The molecule has 144 valence electrons. The number of benzene rings is 2. The minimum absolute atomic E-state index is 0.102. The number of hydrogen-bond acceptors (Lipinski definition) is 4. The van der Waals surface area contributed by atoms with Crippen LogP contribution in [-0.4, -0.2) is 44.9 Å². The number of sulfonamides is 1. The molecule has 0 aliphatic carbocycles. The normalized spacial score (nSPS) is 17.2. The van der Waals surface area contributed by atoms with Crippen molar-refractivity contribution in [2.24, 2.45) is 0 Å². The summed E-state index contributed by atoms with van der Waals surface area (Å²) in [6.07, 6.45) is 2.11. The molecule has 1 amide bonds. The van der Waals surface area contributed by atoms with E-state index >= 15 is 0 Å². The van der Waals surface area contributed by atoms with Gasteiger partial charge in [0.1, 0.15) is 0 Å². The molecule has 7 heteroatoms. The van der Waals surface area contributed by atoms with Gasteiger partial charge in [-0.15, -0.1) is 0 Å². The van der Waals surface area contributed by atoms with Crippen LogP contribution in [0.15, 0.2) is 59.5 Å². The number of rotatable bonds is 7. The second kappa shape index (κ2) is 8.65. The quantitative estimate of drug-likeness (QED) is 0.790. The molecule has 1 aliphatic heterocycles. The van der Waals surface area contributed by atoms with Gasteiger partial charge in [-0.2, -0.15) is 4.31 Å². The average Bonchev–Trinajstić information content (AvgIpc) is 3.21. The third-order valence-corrected chi connectivity index (χ3v) is 6.40. The van der Waals surface area contributed by atoms with E-state index in [9.17, 15) is 13.2 Å². The van der Waals surface area contributed by atoms with Crippen LogP contribution in [0.2, 0.25) is 0 Å². The maximum absolute atomic E-state index is 12.6. The highest BCUT2D eigenvalue weighted by atomic mass is 32.2. The Morgan fingerprint density at radius 1 is 1.15 bits per heavy atom. The van der Waals surface area contributed by atoms with E-state index in [0.717, 1.165) is 25.0 Å². The first-order valence-corrected chi connectivity index (χ1v) is 10.4. The average molecular weight is 388 g/mol. The number of amides is 1. The summed E-state index contributed by atoms with van der Waals surface area (Å²) < 4.78 is 31.9. The smallest absolute Gasteiger partial charge is 0.251 e. The molecule has 0 saturated carbocycles. The molecule has 2 aromatic carbocycles. The van der Waals surface area contributed by atoms with E-state index in [-0.39, 0.29) is 23.5 Å². The molecule has 1 heterocycles. The Balaban J connectivity index is 1.59. The number of carbonyl (C=O) groups is 1. The molecule has 0 aromatic heterocycles. The summed E-state index contributed by atoms with van der Waals surface area (Å²) in [6.45, 7) is 1.50. The molecule has 0 bridgehead atoms. The SMILES string of the molecule is CN(Cc1ccc(C(=O)NCC2CCCO2)cc1)S(=O)(=O)c1ccccc1. The topological polar surface area (TPSA) is 75.7 Å². The van der Waals surface area contributed by atoms with Crippen molar-refractivity contribution >= 4 is 15.9 Å². The molecule has 6 nitrogen and oxygen atoms in total. The molecule has 0 radical (unpaired) electrons. The van der Waals surface area contributed by atoms with E-state index in [4.69, 9.17) is 4.74 Å². The zero-order chi connectivity index (χ0) is 19.3. The van der Waals surface area contributed by atoms with Gasteiger partial charge in [-0.25, -0.2) is 8.42 Å². The Morgan fingerprint density at radius 2 is 1.85 bits per heavy atom. The Kier molecular flexibility index (Phi) is 6.26. The van der Waals surface area contributed by atoms with Gasteiger partial charge >= 0.3 is 0 Å². The number of ether oxygens (including phenoxy) is 1. The number of nitrogens with one attached hydrogen (secondary N) is 1. The second-order valence-corrected chi connectivity index (χ2v) is 8.66. The van der Waals surface area contributed by atoms with Crippen molar-refractivity contribution in [1.29, 1.82) is 0 Å². The highest BCUT2D eigenvalue weighted by Crippen LogP contribution is 2.17.